The first-order chi connectivity index (χ1) is 13.5. The van der Waals surface area contributed by atoms with Gasteiger partial charge in [-0.2, -0.15) is 0 Å². The van der Waals surface area contributed by atoms with E-state index < -0.39 is 5.97 Å². The zero-order chi connectivity index (χ0) is 19.9. The van der Waals surface area contributed by atoms with Crippen molar-refractivity contribution in [3.8, 4) is 0 Å². The Morgan fingerprint density at radius 3 is 2.29 bits per heavy atom. The molecule has 1 aromatic carbocycles. The second-order valence-electron chi connectivity index (χ2n) is 6.72. The highest BCUT2D eigenvalue weighted by Gasteiger charge is 2.14. The number of rotatable bonds is 6. The number of piperazine rings is 1. The predicted molar refractivity (Wildman–Crippen MR) is 110 cm³/mol. The van der Waals surface area contributed by atoms with Gasteiger partial charge in [-0.1, -0.05) is 6.07 Å². The first kappa shape index (κ1) is 19.5. The van der Waals surface area contributed by atoms with Gasteiger partial charge < -0.3 is 14.9 Å². The van der Waals surface area contributed by atoms with Crippen molar-refractivity contribution >= 4 is 29.6 Å². The monoisotopic (exact) mass is 377 g/mol. The van der Waals surface area contributed by atoms with Crippen molar-refractivity contribution in [2.24, 2.45) is 0 Å². The highest BCUT2D eigenvalue weighted by molar-refractivity contribution is 6.07. The fourth-order valence-corrected chi connectivity index (χ4v) is 2.94. The van der Waals surface area contributed by atoms with E-state index in [1.54, 1.807) is 24.4 Å². The third-order valence-electron chi connectivity index (χ3n) is 4.65. The van der Waals surface area contributed by atoms with Gasteiger partial charge in [0.05, 0.1) is 5.69 Å². The number of aliphatic carboxylic acids is 1. The first-order valence-corrected chi connectivity index (χ1v) is 9.14. The number of hydrogen-bond donors (Lipinski definition) is 1. The molecule has 144 valence electrons. The van der Waals surface area contributed by atoms with Crippen molar-refractivity contribution < 1.29 is 14.7 Å². The van der Waals surface area contributed by atoms with Crippen LogP contribution in [0.15, 0.2) is 54.7 Å². The summed E-state index contributed by atoms with van der Waals surface area (Å²) in [6, 6.07) is 11.2. The molecule has 0 aliphatic carbocycles. The molecule has 2 heterocycles. The summed E-state index contributed by atoms with van der Waals surface area (Å²) in [4.78, 5) is 31.7. The number of carboxylic acids is 1. The molecule has 1 aliphatic heterocycles. The third-order valence-corrected chi connectivity index (χ3v) is 4.65. The van der Waals surface area contributed by atoms with E-state index in [0.29, 0.717) is 11.3 Å². The number of nitrogens with zero attached hydrogens (tertiary/aromatic N) is 3. The van der Waals surface area contributed by atoms with Crippen LogP contribution in [-0.4, -0.2) is 60.0 Å². The number of likely N-dealkylation sites (N-methyl/N-ethyl adjacent to an activating group) is 1. The molecule has 1 saturated heterocycles. The summed E-state index contributed by atoms with van der Waals surface area (Å²) >= 11 is 0. The lowest BCUT2D eigenvalue weighted by molar-refractivity contribution is -0.131. The van der Waals surface area contributed by atoms with Crippen molar-refractivity contribution in [2.75, 3.05) is 38.1 Å². The zero-order valence-corrected chi connectivity index (χ0v) is 15.8. The fourth-order valence-electron chi connectivity index (χ4n) is 2.94. The van der Waals surface area contributed by atoms with Crippen molar-refractivity contribution in [3.63, 3.8) is 0 Å². The average molecular weight is 377 g/mol. The van der Waals surface area contributed by atoms with Gasteiger partial charge in [0.1, 0.15) is 0 Å². The van der Waals surface area contributed by atoms with Gasteiger partial charge in [0.15, 0.2) is 5.78 Å². The second kappa shape index (κ2) is 9.10. The molecule has 6 heteroatoms. The van der Waals surface area contributed by atoms with Crippen LogP contribution in [-0.2, 0) is 4.79 Å². The number of allylic oxidation sites excluding steroid dienone is 1. The van der Waals surface area contributed by atoms with Gasteiger partial charge in [-0.25, -0.2) is 4.79 Å². The van der Waals surface area contributed by atoms with E-state index in [0.717, 1.165) is 43.5 Å². The van der Waals surface area contributed by atoms with Crippen molar-refractivity contribution in [3.05, 3.63) is 71.6 Å². The van der Waals surface area contributed by atoms with Gasteiger partial charge in [-0.15, -0.1) is 0 Å². The van der Waals surface area contributed by atoms with E-state index >= 15 is 0 Å². The lowest BCUT2D eigenvalue weighted by atomic mass is 10.1. The molecule has 2 aromatic rings. The minimum Gasteiger partial charge on any atom is -0.478 e. The molecular formula is C22H23N3O3. The molecule has 6 nitrogen and oxygen atoms in total. The van der Waals surface area contributed by atoms with E-state index in [4.69, 9.17) is 5.11 Å². The number of pyridine rings is 1. The highest BCUT2D eigenvalue weighted by atomic mass is 16.4. The van der Waals surface area contributed by atoms with Crippen LogP contribution in [0.5, 0.6) is 0 Å². The van der Waals surface area contributed by atoms with Crippen LogP contribution < -0.4 is 4.90 Å². The van der Waals surface area contributed by atoms with Gasteiger partial charge in [-0.3, -0.25) is 9.78 Å². The van der Waals surface area contributed by atoms with E-state index in [1.807, 2.05) is 24.3 Å². The van der Waals surface area contributed by atoms with Gasteiger partial charge in [0.2, 0.25) is 0 Å². The standard InChI is InChI=1S/C22H23N3O3/c1-24-12-14-25(15-13-24)20-8-4-18(5-9-20)21(26)10-3-17-2-6-19(23-16-17)7-11-22(27)28/h2-11,16H,12-15H2,1H3,(H,27,28)/b10-3+,11-7+. The minimum absolute atomic E-state index is 0.0697. The van der Waals surface area contributed by atoms with Crippen LogP contribution in [0.1, 0.15) is 21.6 Å². The molecule has 0 bridgehead atoms. The van der Waals surface area contributed by atoms with E-state index in [-0.39, 0.29) is 5.78 Å². The minimum atomic E-state index is -1.02. The molecule has 0 unspecified atom stereocenters. The van der Waals surface area contributed by atoms with Gasteiger partial charge in [-0.05, 0) is 61.2 Å². The number of carboxylic acid groups (broad SMARTS) is 1. The summed E-state index contributed by atoms with van der Waals surface area (Å²) in [5.74, 6) is -1.09. The molecule has 1 aromatic heterocycles. The maximum absolute atomic E-state index is 12.4. The molecular weight excluding hydrogens is 354 g/mol. The lowest BCUT2D eigenvalue weighted by Gasteiger charge is -2.34. The van der Waals surface area contributed by atoms with Crippen LogP contribution in [0.4, 0.5) is 5.69 Å². The normalized spacial score (nSPS) is 15.4. The molecule has 0 atom stereocenters. The Morgan fingerprint density at radius 1 is 0.964 bits per heavy atom. The van der Waals surface area contributed by atoms with E-state index in [9.17, 15) is 9.59 Å². The molecule has 3 rings (SSSR count). The molecule has 0 spiro atoms. The largest absolute Gasteiger partial charge is 0.478 e. The smallest absolute Gasteiger partial charge is 0.328 e. The van der Waals surface area contributed by atoms with Crippen LogP contribution in [0.3, 0.4) is 0 Å². The Balaban J connectivity index is 1.60. The van der Waals surface area contributed by atoms with Crippen LogP contribution in [0, 0.1) is 0 Å². The quantitative estimate of drug-likeness (QED) is 0.616. The summed E-state index contributed by atoms with van der Waals surface area (Å²) in [5.41, 5.74) is 3.10. The summed E-state index contributed by atoms with van der Waals surface area (Å²) in [6.07, 6.45) is 7.28. The molecule has 0 saturated carbocycles. The summed E-state index contributed by atoms with van der Waals surface area (Å²) in [6.45, 7) is 4.08. The topological polar surface area (TPSA) is 73.7 Å². The van der Waals surface area contributed by atoms with Crippen LogP contribution in [0.25, 0.3) is 12.2 Å². The summed E-state index contributed by atoms with van der Waals surface area (Å²) < 4.78 is 0. The molecule has 1 aliphatic rings. The Labute approximate surface area is 164 Å². The first-order valence-electron chi connectivity index (χ1n) is 9.14. The Kier molecular flexibility index (Phi) is 6.34. The number of hydrogen-bond acceptors (Lipinski definition) is 5. The van der Waals surface area contributed by atoms with Gasteiger partial charge in [0, 0.05) is 49.7 Å². The summed E-state index contributed by atoms with van der Waals surface area (Å²) in [5, 5.41) is 8.62. The molecule has 1 fully saturated rings. The Hall–Kier alpha value is -3.25. The van der Waals surface area contributed by atoms with Crippen molar-refractivity contribution in [2.45, 2.75) is 0 Å². The molecule has 28 heavy (non-hydrogen) atoms. The number of benzene rings is 1. The second-order valence-corrected chi connectivity index (χ2v) is 6.72. The van der Waals surface area contributed by atoms with Gasteiger partial charge in [0.25, 0.3) is 0 Å². The van der Waals surface area contributed by atoms with Crippen molar-refractivity contribution in [1.29, 1.82) is 0 Å². The molecule has 0 amide bonds. The zero-order valence-electron chi connectivity index (χ0n) is 15.8. The Bertz CT molecular complexity index is 878. The van der Waals surface area contributed by atoms with E-state index in [2.05, 4.69) is 21.8 Å². The molecule has 1 N–H and O–H groups in total. The Morgan fingerprint density at radius 2 is 1.68 bits per heavy atom. The highest BCUT2D eigenvalue weighted by Crippen LogP contribution is 2.17. The van der Waals surface area contributed by atoms with Crippen LogP contribution in [0.2, 0.25) is 0 Å². The number of carbonyl (C=O) groups is 2. The molecule has 0 radical (unpaired) electrons. The van der Waals surface area contributed by atoms with Crippen molar-refractivity contribution in [1.82, 2.24) is 9.88 Å². The number of aromatic nitrogens is 1. The number of carbonyl (C=O) groups excluding carboxylic acids is 1. The maximum Gasteiger partial charge on any atom is 0.328 e. The SMILES string of the molecule is CN1CCN(c2ccc(C(=O)/C=C/c3ccc(/C=C/C(=O)O)nc3)cc2)CC1. The lowest BCUT2D eigenvalue weighted by Crippen LogP contribution is -2.44. The average Bonchev–Trinajstić information content (AvgIpc) is 2.72. The maximum atomic E-state index is 12.4. The predicted octanol–water partition coefficient (Wildman–Crippen LogP) is 2.83. The fraction of sp³-hybridized carbons (Fsp3) is 0.227. The number of ketones is 1. The van der Waals surface area contributed by atoms with Crippen LogP contribution >= 0.6 is 0 Å². The summed E-state index contributed by atoms with van der Waals surface area (Å²) in [7, 11) is 2.13. The number of anilines is 1. The third kappa shape index (κ3) is 5.37. The van der Waals surface area contributed by atoms with Gasteiger partial charge >= 0.3 is 5.97 Å². The van der Waals surface area contributed by atoms with E-state index in [1.165, 1.54) is 12.2 Å².